The number of carbonyl (C=O) groups excluding carboxylic acids is 2. The number of hydrogen-bond donors (Lipinski definition) is 1. The molecule has 0 radical (unpaired) electrons. The van der Waals surface area contributed by atoms with Crippen LogP contribution in [0.15, 0.2) is 12.7 Å². The first kappa shape index (κ1) is 16.8. The van der Waals surface area contributed by atoms with Crippen LogP contribution in [0.5, 0.6) is 0 Å². The van der Waals surface area contributed by atoms with Gasteiger partial charge in [-0.1, -0.05) is 13.5 Å². The van der Waals surface area contributed by atoms with E-state index in [-0.39, 0.29) is 5.91 Å². The van der Waals surface area contributed by atoms with E-state index in [1.807, 2.05) is 0 Å². The van der Waals surface area contributed by atoms with Crippen molar-refractivity contribution in [2.45, 2.75) is 26.2 Å². The summed E-state index contributed by atoms with van der Waals surface area (Å²) in [5.74, 6) is 0.438. The van der Waals surface area contributed by atoms with Crippen LogP contribution in [-0.4, -0.2) is 50.4 Å². The highest BCUT2D eigenvalue weighted by Gasteiger charge is 2.18. The van der Waals surface area contributed by atoms with Crippen LogP contribution in [-0.2, 0) is 9.59 Å². The summed E-state index contributed by atoms with van der Waals surface area (Å²) in [4.78, 5) is 21.3. The van der Waals surface area contributed by atoms with Gasteiger partial charge < -0.3 is 14.6 Å². The third-order valence-corrected chi connectivity index (χ3v) is 3.01. The molecule has 0 spiro atoms. The summed E-state index contributed by atoms with van der Waals surface area (Å²) >= 11 is 0. The summed E-state index contributed by atoms with van der Waals surface area (Å²) < 4.78 is 0.921. The van der Waals surface area contributed by atoms with E-state index in [0.29, 0.717) is 18.9 Å². The topological polar surface area (TPSA) is 46.2 Å². The zero-order valence-corrected chi connectivity index (χ0v) is 11.9. The molecule has 0 saturated carbocycles. The number of rotatable bonds is 10. The van der Waals surface area contributed by atoms with Gasteiger partial charge in [0.1, 0.15) is 6.29 Å². The van der Waals surface area contributed by atoms with Crippen molar-refractivity contribution in [1.29, 1.82) is 0 Å². The second-order valence-electron chi connectivity index (χ2n) is 5.54. The predicted molar refractivity (Wildman–Crippen MR) is 74.1 cm³/mol. The van der Waals surface area contributed by atoms with Crippen molar-refractivity contribution >= 4 is 12.2 Å². The molecule has 0 fully saturated rings. The van der Waals surface area contributed by atoms with Gasteiger partial charge in [-0.2, -0.15) is 0 Å². The zero-order chi connectivity index (χ0) is 14.0. The molecule has 104 valence electrons. The van der Waals surface area contributed by atoms with E-state index < -0.39 is 0 Å². The van der Waals surface area contributed by atoms with Gasteiger partial charge in [-0.3, -0.25) is 4.79 Å². The fourth-order valence-corrected chi connectivity index (χ4v) is 2.17. The van der Waals surface area contributed by atoms with Gasteiger partial charge in [0.05, 0.1) is 27.2 Å². The molecule has 1 atom stereocenters. The molecule has 1 amide bonds. The standard InChI is InChI=1S/C14H26N2O2/c1-5-14(18)15-9-7-10-16(3,4)12-13(2)8-6-11-17/h5,11,13H,1,6-10,12H2,2-4H3/p+1/t13-/m1/s1. The molecule has 0 aromatic rings. The molecule has 0 heterocycles. The van der Waals surface area contributed by atoms with E-state index in [9.17, 15) is 9.59 Å². The molecule has 0 aliphatic rings. The van der Waals surface area contributed by atoms with Gasteiger partial charge in [0.15, 0.2) is 0 Å². The lowest BCUT2D eigenvalue weighted by atomic mass is 10.0. The summed E-state index contributed by atoms with van der Waals surface area (Å²) in [5.41, 5.74) is 0. The van der Waals surface area contributed by atoms with Crippen LogP contribution in [0.1, 0.15) is 26.2 Å². The van der Waals surface area contributed by atoms with Gasteiger partial charge in [0, 0.05) is 25.3 Å². The molecule has 0 aliphatic carbocycles. The van der Waals surface area contributed by atoms with Crippen molar-refractivity contribution in [2.75, 3.05) is 33.7 Å². The predicted octanol–water partition coefficient (Wildman–Crippen LogP) is 1.37. The van der Waals surface area contributed by atoms with Gasteiger partial charge >= 0.3 is 0 Å². The highest BCUT2D eigenvalue weighted by Crippen LogP contribution is 2.11. The molecule has 4 heteroatoms. The van der Waals surface area contributed by atoms with E-state index >= 15 is 0 Å². The molecule has 18 heavy (non-hydrogen) atoms. The van der Waals surface area contributed by atoms with Crippen LogP contribution in [0.4, 0.5) is 0 Å². The van der Waals surface area contributed by atoms with Crippen molar-refractivity contribution in [1.82, 2.24) is 5.32 Å². The van der Waals surface area contributed by atoms with Crippen LogP contribution >= 0.6 is 0 Å². The minimum Gasteiger partial charge on any atom is -0.352 e. The van der Waals surface area contributed by atoms with Crippen molar-refractivity contribution in [3.8, 4) is 0 Å². The monoisotopic (exact) mass is 255 g/mol. The number of quaternary nitrogens is 1. The SMILES string of the molecule is C=CC(=O)NCCC[N+](C)(C)C[C@H](C)CCC=O. The van der Waals surface area contributed by atoms with Crippen LogP contribution in [0, 0.1) is 5.92 Å². The average Bonchev–Trinajstić information content (AvgIpc) is 2.31. The molecule has 0 saturated heterocycles. The maximum atomic E-state index is 11.0. The Balaban J connectivity index is 3.81. The third-order valence-electron chi connectivity index (χ3n) is 3.01. The molecular weight excluding hydrogens is 228 g/mol. The first-order chi connectivity index (χ1) is 8.41. The summed E-state index contributed by atoms with van der Waals surface area (Å²) in [7, 11) is 4.37. The third kappa shape index (κ3) is 8.93. The van der Waals surface area contributed by atoms with Crippen LogP contribution in [0.3, 0.4) is 0 Å². The number of nitrogens with zero attached hydrogens (tertiary/aromatic N) is 1. The lowest BCUT2D eigenvalue weighted by molar-refractivity contribution is -0.893. The first-order valence-electron chi connectivity index (χ1n) is 6.57. The maximum absolute atomic E-state index is 11.0. The van der Waals surface area contributed by atoms with Gasteiger partial charge in [0.2, 0.25) is 5.91 Å². The lowest BCUT2D eigenvalue weighted by Gasteiger charge is -2.32. The minimum atomic E-state index is -0.111. The Bertz CT molecular complexity index is 275. The Labute approximate surface area is 111 Å². The summed E-state index contributed by atoms with van der Waals surface area (Å²) in [6.45, 7) is 8.36. The van der Waals surface area contributed by atoms with Crippen LogP contribution < -0.4 is 5.32 Å². The second-order valence-corrected chi connectivity index (χ2v) is 5.54. The highest BCUT2D eigenvalue weighted by atomic mass is 16.1. The molecule has 0 aromatic carbocycles. The molecule has 0 aromatic heterocycles. The molecular formula is C14H27N2O2+. The molecule has 0 bridgehead atoms. The Morgan fingerprint density at radius 1 is 1.44 bits per heavy atom. The Kier molecular flexibility index (Phi) is 8.29. The van der Waals surface area contributed by atoms with Crippen molar-refractivity contribution < 1.29 is 14.1 Å². The van der Waals surface area contributed by atoms with Gasteiger partial charge in [0.25, 0.3) is 0 Å². The van der Waals surface area contributed by atoms with Gasteiger partial charge in [-0.15, -0.1) is 0 Å². The van der Waals surface area contributed by atoms with E-state index in [1.165, 1.54) is 6.08 Å². The Morgan fingerprint density at radius 3 is 2.67 bits per heavy atom. The van der Waals surface area contributed by atoms with Gasteiger partial charge in [-0.05, 0) is 12.5 Å². The van der Waals surface area contributed by atoms with Crippen molar-refractivity contribution in [3.63, 3.8) is 0 Å². The minimum absolute atomic E-state index is 0.111. The van der Waals surface area contributed by atoms with E-state index in [4.69, 9.17) is 0 Å². The Hall–Kier alpha value is -1.16. The van der Waals surface area contributed by atoms with E-state index in [2.05, 4.69) is 32.9 Å². The molecule has 0 aliphatic heterocycles. The van der Waals surface area contributed by atoms with E-state index in [1.54, 1.807) is 0 Å². The maximum Gasteiger partial charge on any atom is 0.243 e. The van der Waals surface area contributed by atoms with Crippen LogP contribution in [0.25, 0.3) is 0 Å². The molecule has 4 nitrogen and oxygen atoms in total. The van der Waals surface area contributed by atoms with Gasteiger partial charge in [-0.25, -0.2) is 0 Å². The molecule has 0 unspecified atom stereocenters. The van der Waals surface area contributed by atoms with E-state index in [0.717, 1.165) is 36.7 Å². The van der Waals surface area contributed by atoms with Crippen molar-refractivity contribution in [2.24, 2.45) is 5.92 Å². The number of nitrogens with one attached hydrogen (secondary N) is 1. The number of hydrogen-bond acceptors (Lipinski definition) is 2. The van der Waals surface area contributed by atoms with Crippen LogP contribution in [0.2, 0.25) is 0 Å². The number of amides is 1. The summed E-state index contributed by atoms with van der Waals surface area (Å²) in [5, 5.41) is 2.78. The smallest absolute Gasteiger partial charge is 0.243 e. The van der Waals surface area contributed by atoms with Crippen molar-refractivity contribution in [3.05, 3.63) is 12.7 Å². The first-order valence-corrected chi connectivity index (χ1v) is 6.57. The Morgan fingerprint density at radius 2 is 2.11 bits per heavy atom. The summed E-state index contributed by atoms with van der Waals surface area (Å²) in [6, 6.07) is 0. The summed E-state index contributed by atoms with van der Waals surface area (Å²) in [6.07, 6.45) is 4.84. The lowest BCUT2D eigenvalue weighted by Crippen LogP contribution is -2.44. The highest BCUT2D eigenvalue weighted by molar-refractivity contribution is 5.86. The quantitative estimate of drug-likeness (QED) is 0.277. The number of aldehydes is 1. The average molecular weight is 255 g/mol. The molecule has 1 N–H and O–H groups in total. The fourth-order valence-electron chi connectivity index (χ4n) is 2.17. The zero-order valence-electron chi connectivity index (χ0n) is 11.9. The molecule has 0 rings (SSSR count). The normalized spacial score (nSPS) is 12.8. The second kappa shape index (κ2) is 8.86. The number of carbonyl (C=O) groups is 2. The largest absolute Gasteiger partial charge is 0.352 e. The fraction of sp³-hybridized carbons (Fsp3) is 0.714.